The number of benzene rings is 2. The van der Waals surface area contributed by atoms with Gasteiger partial charge < -0.3 is 25.0 Å². The average Bonchev–Trinajstić information content (AvgIpc) is 2.84. The molecule has 0 spiro atoms. The van der Waals surface area contributed by atoms with Gasteiger partial charge in [-0.2, -0.15) is 0 Å². The van der Waals surface area contributed by atoms with Gasteiger partial charge >= 0.3 is 0 Å². The number of likely N-dealkylation sites (tertiary alicyclic amines) is 1. The molecule has 1 saturated heterocycles. The number of piperidine rings is 1. The molecule has 0 unspecified atom stereocenters. The minimum absolute atomic E-state index is 0.0273. The highest BCUT2D eigenvalue weighted by molar-refractivity contribution is 5.96. The number of amides is 3. The molecule has 0 saturated carbocycles. The number of methoxy groups -OCH3 is 2. The lowest BCUT2D eigenvalue weighted by Gasteiger charge is -2.31. The van der Waals surface area contributed by atoms with Crippen LogP contribution in [0.1, 0.15) is 43.5 Å². The monoisotopic (exact) mass is 467 g/mol. The van der Waals surface area contributed by atoms with Gasteiger partial charge in [0.2, 0.25) is 11.8 Å². The normalized spacial score (nSPS) is 14.0. The highest BCUT2D eigenvalue weighted by atomic mass is 16.5. The summed E-state index contributed by atoms with van der Waals surface area (Å²) in [6.45, 7) is 4.98. The Morgan fingerprint density at radius 3 is 1.94 bits per heavy atom. The summed E-state index contributed by atoms with van der Waals surface area (Å²) in [4.78, 5) is 39.4. The van der Waals surface area contributed by atoms with Gasteiger partial charge in [-0.05, 0) is 55.2 Å². The fraction of sp³-hybridized carbons (Fsp3) is 0.423. The van der Waals surface area contributed by atoms with Crippen molar-refractivity contribution in [2.75, 3.05) is 37.9 Å². The third-order valence-electron chi connectivity index (χ3n) is 5.78. The van der Waals surface area contributed by atoms with E-state index in [1.54, 1.807) is 61.6 Å². The number of rotatable bonds is 8. The summed E-state index contributed by atoms with van der Waals surface area (Å²) >= 11 is 0. The molecular formula is C26H33N3O5. The number of ether oxygens (including phenoxy) is 2. The van der Waals surface area contributed by atoms with Crippen molar-refractivity contribution in [3.05, 3.63) is 48.0 Å². The maximum Gasteiger partial charge on any atom is 0.254 e. The molecule has 1 fully saturated rings. The summed E-state index contributed by atoms with van der Waals surface area (Å²) in [7, 11) is 3.09. The van der Waals surface area contributed by atoms with Crippen LogP contribution in [0.2, 0.25) is 0 Å². The van der Waals surface area contributed by atoms with Crippen molar-refractivity contribution in [2.45, 2.75) is 33.1 Å². The largest absolute Gasteiger partial charge is 0.497 e. The second-order valence-corrected chi connectivity index (χ2v) is 8.88. The summed E-state index contributed by atoms with van der Waals surface area (Å²) in [6, 6.07) is 12.2. The first-order chi connectivity index (χ1) is 16.3. The molecule has 8 nitrogen and oxygen atoms in total. The smallest absolute Gasteiger partial charge is 0.254 e. The van der Waals surface area contributed by atoms with Gasteiger partial charge in [0.1, 0.15) is 11.5 Å². The van der Waals surface area contributed by atoms with Crippen LogP contribution in [0.25, 0.3) is 0 Å². The van der Waals surface area contributed by atoms with Crippen molar-refractivity contribution in [1.82, 2.24) is 4.90 Å². The second-order valence-electron chi connectivity index (χ2n) is 8.88. The van der Waals surface area contributed by atoms with E-state index in [0.717, 1.165) is 0 Å². The lowest BCUT2D eigenvalue weighted by molar-refractivity contribution is -0.121. The van der Waals surface area contributed by atoms with E-state index in [2.05, 4.69) is 10.6 Å². The number of nitrogens with zero attached hydrogens (tertiary/aromatic N) is 1. The zero-order chi connectivity index (χ0) is 24.7. The van der Waals surface area contributed by atoms with Gasteiger partial charge in [-0.15, -0.1) is 0 Å². The van der Waals surface area contributed by atoms with Gasteiger partial charge in [0.25, 0.3) is 5.91 Å². The van der Waals surface area contributed by atoms with E-state index in [0.29, 0.717) is 66.7 Å². The van der Waals surface area contributed by atoms with Crippen molar-refractivity contribution < 1.29 is 23.9 Å². The Morgan fingerprint density at radius 1 is 0.912 bits per heavy atom. The molecule has 1 heterocycles. The van der Waals surface area contributed by atoms with Crippen LogP contribution in [0, 0.1) is 11.8 Å². The zero-order valence-corrected chi connectivity index (χ0v) is 20.2. The summed E-state index contributed by atoms with van der Waals surface area (Å²) in [5, 5.41) is 5.80. The summed E-state index contributed by atoms with van der Waals surface area (Å²) in [6.07, 6.45) is 1.63. The molecule has 8 heteroatoms. The first-order valence-electron chi connectivity index (χ1n) is 11.5. The number of nitrogens with one attached hydrogen (secondary N) is 2. The van der Waals surface area contributed by atoms with E-state index in [1.165, 1.54) is 0 Å². The van der Waals surface area contributed by atoms with E-state index in [1.807, 2.05) is 13.8 Å². The van der Waals surface area contributed by atoms with E-state index in [9.17, 15) is 14.4 Å². The molecule has 3 amide bonds. The van der Waals surface area contributed by atoms with Crippen LogP contribution in [0.3, 0.4) is 0 Å². The van der Waals surface area contributed by atoms with Gasteiger partial charge in [-0.1, -0.05) is 13.8 Å². The number of carbonyl (C=O) groups is 3. The molecule has 3 rings (SSSR count). The molecular weight excluding hydrogens is 434 g/mol. The lowest BCUT2D eigenvalue weighted by atomic mass is 9.95. The first kappa shape index (κ1) is 25.1. The maximum absolute atomic E-state index is 13.0. The minimum Gasteiger partial charge on any atom is -0.497 e. The van der Waals surface area contributed by atoms with Gasteiger partial charge in [-0.25, -0.2) is 0 Å². The van der Waals surface area contributed by atoms with Crippen LogP contribution < -0.4 is 20.1 Å². The quantitative estimate of drug-likeness (QED) is 0.607. The molecule has 2 aromatic carbocycles. The van der Waals surface area contributed by atoms with Gasteiger partial charge in [-0.3, -0.25) is 14.4 Å². The summed E-state index contributed by atoms with van der Waals surface area (Å²) in [5.74, 6) is 1.04. The van der Waals surface area contributed by atoms with Crippen LogP contribution in [0.5, 0.6) is 11.5 Å². The van der Waals surface area contributed by atoms with E-state index >= 15 is 0 Å². The Morgan fingerprint density at radius 2 is 1.44 bits per heavy atom. The van der Waals surface area contributed by atoms with Crippen LogP contribution in [0.15, 0.2) is 42.5 Å². The van der Waals surface area contributed by atoms with Crippen molar-refractivity contribution >= 4 is 29.1 Å². The molecule has 0 atom stereocenters. The summed E-state index contributed by atoms with van der Waals surface area (Å²) < 4.78 is 10.5. The number of anilines is 2. The Hall–Kier alpha value is -3.55. The second kappa shape index (κ2) is 11.5. The topological polar surface area (TPSA) is 97.0 Å². The molecule has 2 N–H and O–H groups in total. The predicted octanol–water partition coefficient (Wildman–Crippen LogP) is 4.18. The van der Waals surface area contributed by atoms with Crippen molar-refractivity contribution in [3.8, 4) is 11.5 Å². The van der Waals surface area contributed by atoms with Crippen molar-refractivity contribution in [3.63, 3.8) is 0 Å². The number of hydrogen-bond donors (Lipinski definition) is 2. The van der Waals surface area contributed by atoms with E-state index in [4.69, 9.17) is 9.47 Å². The maximum atomic E-state index is 13.0. The van der Waals surface area contributed by atoms with Crippen molar-refractivity contribution in [2.24, 2.45) is 11.8 Å². The number of hydrogen-bond acceptors (Lipinski definition) is 5. The van der Waals surface area contributed by atoms with Gasteiger partial charge in [0.15, 0.2) is 0 Å². The zero-order valence-electron chi connectivity index (χ0n) is 20.2. The third kappa shape index (κ3) is 6.73. The fourth-order valence-electron chi connectivity index (χ4n) is 3.92. The van der Waals surface area contributed by atoms with E-state index < -0.39 is 0 Å². The molecule has 0 radical (unpaired) electrons. The SMILES string of the molecule is COc1cc(OC)cc(C(=O)N2CCC(C(=O)Nc3ccc(NC(=O)CC(C)C)cc3)CC2)c1. The lowest BCUT2D eigenvalue weighted by Crippen LogP contribution is -2.41. The molecule has 182 valence electrons. The van der Waals surface area contributed by atoms with Crippen LogP contribution in [-0.2, 0) is 9.59 Å². The van der Waals surface area contributed by atoms with Crippen LogP contribution >= 0.6 is 0 Å². The highest BCUT2D eigenvalue weighted by Gasteiger charge is 2.28. The van der Waals surface area contributed by atoms with Crippen LogP contribution in [0.4, 0.5) is 11.4 Å². The van der Waals surface area contributed by atoms with Crippen LogP contribution in [-0.4, -0.2) is 49.9 Å². The Bertz CT molecular complexity index is 989. The first-order valence-corrected chi connectivity index (χ1v) is 11.5. The molecule has 0 aromatic heterocycles. The van der Waals surface area contributed by atoms with Gasteiger partial charge in [0, 0.05) is 48.4 Å². The molecule has 34 heavy (non-hydrogen) atoms. The third-order valence-corrected chi connectivity index (χ3v) is 5.78. The molecule has 0 aliphatic carbocycles. The standard InChI is InChI=1S/C26H33N3O5/c1-17(2)13-24(30)27-20-5-7-21(8-6-20)28-25(31)18-9-11-29(12-10-18)26(32)19-14-22(33-3)16-23(15-19)34-4/h5-8,14-18H,9-13H2,1-4H3,(H,27,30)(H,28,31). The highest BCUT2D eigenvalue weighted by Crippen LogP contribution is 2.26. The van der Waals surface area contributed by atoms with Gasteiger partial charge in [0.05, 0.1) is 14.2 Å². The minimum atomic E-state index is -0.172. The van der Waals surface area contributed by atoms with Crippen molar-refractivity contribution in [1.29, 1.82) is 0 Å². The Kier molecular flexibility index (Phi) is 8.51. The predicted molar refractivity (Wildman–Crippen MR) is 131 cm³/mol. The fourth-order valence-corrected chi connectivity index (χ4v) is 3.92. The summed E-state index contributed by atoms with van der Waals surface area (Å²) in [5.41, 5.74) is 1.87. The average molecular weight is 468 g/mol. The Labute approximate surface area is 200 Å². The Balaban J connectivity index is 1.52. The molecule has 2 aromatic rings. The molecule has 1 aliphatic rings. The molecule has 1 aliphatic heterocycles. The molecule has 0 bridgehead atoms. The van der Waals surface area contributed by atoms with E-state index in [-0.39, 0.29) is 23.6 Å². The number of carbonyl (C=O) groups excluding carboxylic acids is 3.